The molecule has 0 spiro atoms. The molecule has 0 heterocycles. The van der Waals surface area contributed by atoms with E-state index >= 15 is 0 Å². The first-order valence-corrected chi connectivity index (χ1v) is 5.38. The van der Waals surface area contributed by atoms with Crippen LogP contribution >= 0.6 is 8.03 Å². The summed E-state index contributed by atoms with van der Waals surface area (Å²) in [5.74, 6) is 0.665. The van der Waals surface area contributed by atoms with E-state index in [9.17, 15) is 4.57 Å². The number of para-hydroxylation sites is 1. The molecule has 0 bridgehead atoms. The zero-order chi connectivity index (χ0) is 9.90. The molecule has 0 saturated carbocycles. The SMILES string of the molecule is CC(C)(C)[P+](=O)Oc1ccccc1. The van der Waals surface area contributed by atoms with Crippen molar-refractivity contribution in [3.8, 4) is 5.75 Å². The fourth-order valence-corrected chi connectivity index (χ4v) is 1.30. The lowest BCUT2D eigenvalue weighted by molar-refractivity contribution is 0.476. The summed E-state index contributed by atoms with van der Waals surface area (Å²) in [5.41, 5.74) is 0. The molecule has 1 unspecified atom stereocenters. The Kier molecular flexibility index (Phi) is 3.05. The van der Waals surface area contributed by atoms with Gasteiger partial charge in [0, 0.05) is 0 Å². The molecular weight excluding hydrogens is 183 g/mol. The van der Waals surface area contributed by atoms with Crippen molar-refractivity contribution in [2.24, 2.45) is 0 Å². The van der Waals surface area contributed by atoms with E-state index in [0.717, 1.165) is 0 Å². The van der Waals surface area contributed by atoms with E-state index in [4.69, 9.17) is 4.52 Å². The maximum atomic E-state index is 11.6. The van der Waals surface area contributed by atoms with Crippen LogP contribution in [0, 0.1) is 0 Å². The van der Waals surface area contributed by atoms with Gasteiger partial charge in [0.15, 0.2) is 10.9 Å². The van der Waals surface area contributed by atoms with Crippen molar-refractivity contribution >= 4 is 8.03 Å². The van der Waals surface area contributed by atoms with Crippen molar-refractivity contribution in [1.82, 2.24) is 0 Å². The molecule has 0 amide bonds. The largest absolute Gasteiger partial charge is 0.561 e. The standard InChI is InChI=1S/C10H14O2P/c1-10(2,3)13(11)12-9-7-5-4-6-8-9/h4-8H,1-3H3/q+1. The molecular formula is C10H14O2P+. The van der Waals surface area contributed by atoms with E-state index in [1.165, 1.54) is 0 Å². The maximum Gasteiger partial charge on any atom is 0.561 e. The van der Waals surface area contributed by atoms with Crippen LogP contribution in [0.1, 0.15) is 20.8 Å². The molecule has 2 nitrogen and oxygen atoms in total. The van der Waals surface area contributed by atoms with Crippen molar-refractivity contribution in [3.05, 3.63) is 30.3 Å². The van der Waals surface area contributed by atoms with Crippen LogP contribution in [0.15, 0.2) is 30.3 Å². The molecule has 0 N–H and O–H groups in total. The van der Waals surface area contributed by atoms with Crippen LogP contribution < -0.4 is 4.52 Å². The molecule has 1 rings (SSSR count). The lowest BCUT2D eigenvalue weighted by Gasteiger charge is -2.03. The van der Waals surface area contributed by atoms with Gasteiger partial charge in [-0.15, -0.1) is 0 Å². The Morgan fingerprint density at radius 3 is 2.15 bits per heavy atom. The van der Waals surface area contributed by atoms with Crippen LogP contribution in [0.3, 0.4) is 0 Å². The van der Waals surface area contributed by atoms with E-state index in [1.807, 2.05) is 39.0 Å². The van der Waals surface area contributed by atoms with E-state index < -0.39 is 8.03 Å². The maximum absolute atomic E-state index is 11.6. The smallest absolute Gasteiger partial charge is 0.254 e. The summed E-state index contributed by atoms with van der Waals surface area (Å²) in [6, 6.07) is 9.23. The van der Waals surface area contributed by atoms with Crippen LogP contribution in [0.25, 0.3) is 0 Å². The fourth-order valence-electron chi connectivity index (χ4n) is 0.714. The van der Waals surface area contributed by atoms with Crippen molar-refractivity contribution in [3.63, 3.8) is 0 Å². The average Bonchev–Trinajstić information content (AvgIpc) is 2.04. The molecule has 1 aromatic rings. The van der Waals surface area contributed by atoms with Gasteiger partial charge in [0.05, 0.1) is 0 Å². The van der Waals surface area contributed by atoms with Gasteiger partial charge >= 0.3 is 8.03 Å². The molecule has 0 radical (unpaired) electrons. The summed E-state index contributed by atoms with van der Waals surface area (Å²) in [6.07, 6.45) is 0. The zero-order valence-corrected chi connectivity index (χ0v) is 9.04. The number of rotatable bonds is 2. The number of hydrogen-bond donors (Lipinski definition) is 0. The fraction of sp³-hybridized carbons (Fsp3) is 0.400. The van der Waals surface area contributed by atoms with Crippen LogP contribution in [0.2, 0.25) is 0 Å². The minimum Gasteiger partial charge on any atom is -0.254 e. The predicted molar refractivity (Wildman–Crippen MR) is 54.4 cm³/mol. The summed E-state index contributed by atoms with van der Waals surface area (Å²) < 4.78 is 16.8. The van der Waals surface area contributed by atoms with Crippen LogP contribution in [0.4, 0.5) is 0 Å². The van der Waals surface area contributed by atoms with Gasteiger partial charge in [-0.05, 0) is 37.5 Å². The second kappa shape index (κ2) is 3.89. The highest BCUT2D eigenvalue weighted by Gasteiger charge is 2.38. The molecule has 0 aliphatic carbocycles. The molecule has 0 saturated heterocycles. The monoisotopic (exact) mass is 197 g/mol. The number of hydrogen-bond acceptors (Lipinski definition) is 2. The van der Waals surface area contributed by atoms with Gasteiger partial charge in [0.1, 0.15) is 0 Å². The summed E-state index contributed by atoms with van der Waals surface area (Å²) in [4.78, 5) is 0. The summed E-state index contributed by atoms with van der Waals surface area (Å²) in [6.45, 7) is 5.69. The third-order valence-electron chi connectivity index (χ3n) is 1.48. The van der Waals surface area contributed by atoms with E-state index in [1.54, 1.807) is 12.1 Å². The first-order valence-electron chi connectivity index (χ1n) is 4.20. The highest BCUT2D eigenvalue weighted by atomic mass is 31.1. The van der Waals surface area contributed by atoms with Gasteiger partial charge in [0.2, 0.25) is 0 Å². The Morgan fingerprint density at radius 1 is 1.15 bits per heavy atom. The first kappa shape index (κ1) is 10.2. The third kappa shape index (κ3) is 3.16. The molecule has 3 heteroatoms. The Labute approximate surface area is 79.8 Å². The van der Waals surface area contributed by atoms with Crippen molar-refractivity contribution in [2.75, 3.05) is 0 Å². The topological polar surface area (TPSA) is 26.3 Å². The van der Waals surface area contributed by atoms with Gasteiger partial charge in [-0.2, -0.15) is 0 Å². The Bertz CT molecular complexity index is 288. The van der Waals surface area contributed by atoms with Gasteiger partial charge in [0.25, 0.3) is 0 Å². The van der Waals surface area contributed by atoms with Crippen LogP contribution in [-0.4, -0.2) is 5.16 Å². The van der Waals surface area contributed by atoms with Crippen LogP contribution in [-0.2, 0) is 4.57 Å². The Morgan fingerprint density at radius 2 is 1.69 bits per heavy atom. The summed E-state index contributed by atoms with van der Waals surface area (Å²) >= 11 is 0. The van der Waals surface area contributed by atoms with Gasteiger partial charge in [-0.1, -0.05) is 18.2 Å². The molecule has 0 aliphatic rings. The van der Waals surface area contributed by atoms with E-state index in [2.05, 4.69) is 0 Å². The molecule has 13 heavy (non-hydrogen) atoms. The number of benzene rings is 1. The molecule has 70 valence electrons. The zero-order valence-electron chi connectivity index (χ0n) is 8.15. The molecule has 0 aliphatic heterocycles. The highest BCUT2D eigenvalue weighted by molar-refractivity contribution is 7.41. The van der Waals surface area contributed by atoms with Gasteiger partial charge in [-0.3, -0.25) is 4.52 Å². The van der Waals surface area contributed by atoms with Crippen molar-refractivity contribution < 1.29 is 9.09 Å². The lowest BCUT2D eigenvalue weighted by atomic mass is 10.3. The van der Waals surface area contributed by atoms with Gasteiger partial charge < -0.3 is 0 Å². The summed E-state index contributed by atoms with van der Waals surface area (Å²) in [5, 5.41) is -0.300. The molecule has 0 aromatic heterocycles. The van der Waals surface area contributed by atoms with Gasteiger partial charge in [-0.25, -0.2) is 0 Å². The van der Waals surface area contributed by atoms with Crippen molar-refractivity contribution in [2.45, 2.75) is 25.9 Å². The Balaban J connectivity index is 2.66. The molecule has 0 fully saturated rings. The van der Waals surface area contributed by atoms with E-state index in [-0.39, 0.29) is 5.16 Å². The summed E-state index contributed by atoms with van der Waals surface area (Å²) in [7, 11) is -1.65. The second-order valence-corrected chi connectivity index (χ2v) is 5.87. The predicted octanol–water partition coefficient (Wildman–Crippen LogP) is 3.61. The molecule has 1 atom stereocenters. The minimum atomic E-state index is -1.65. The van der Waals surface area contributed by atoms with E-state index in [0.29, 0.717) is 5.75 Å². The lowest BCUT2D eigenvalue weighted by Crippen LogP contribution is -2.09. The average molecular weight is 197 g/mol. The van der Waals surface area contributed by atoms with Crippen LogP contribution in [0.5, 0.6) is 5.75 Å². The normalized spacial score (nSPS) is 12.4. The third-order valence-corrected chi connectivity index (χ3v) is 2.95. The second-order valence-electron chi connectivity index (χ2n) is 3.83. The highest BCUT2D eigenvalue weighted by Crippen LogP contribution is 2.39. The minimum absolute atomic E-state index is 0.300. The molecule has 1 aromatic carbocycles. The quantitative estimate of drug-likeness (QED) is 0.677. The Hall–Kier alpha value is -0.880. The first-order chi connectivity index (χ1) is 6.00. The van der Waals surface area contributed by atoms with Crippen molar-refractivity contribution in [1.29, 1.82) is 0 Å².